The second-order valence-corrected chi connectivity index (χ2v) is 6.87. The van der Waals surface area contributed by atoms with Crippen LogP contribution in [0.4, 0.5) is 11.4 Å². The predicted molar refractivity (Wildman–Crippen MR) is 85.7 cm³/mol. The molecule has 1 aromatic carbocycles. The number of rotatable bonds is 7. The lowest BCUT2D eigenvalue weighted by atomic mass is 10.1. The molecule has 1 rings (SSSR count). The van der Waals surface area contributed by atoms with Crippen molar-refractivity contribution in [1.29, 1.82) is 0 Å². The molecule has 0 saturated carbocycles. The van der Waals surface area contributed by atoms with Crippen LogP contribution in [0.5, 0.6) is 0 Å². The van der Waals surface area contributed by atoms with E-state index in [4.69, 9.17) is 5.73 Å². The Morgan fingerprint density at radius 1 is 1.33 bits per heavy atom. The summed E-state index contributed by atoms with van der Waals surface area (Å²) >= 11 is 0. The van der Waals surface area contributed by atoms with E-state index in [1.165, 1.54) is 0 Å². The van der Waals surface area contributed by atoms with Crippen LogP contribution in [0.1, 0.15) is 25.8 Å². The van der Waals surface area contributed by atoms with Crippen LogP contribution in [0, 0.1) is 12.8 Å². The van der Waals surface area contributed by atoms with Gasteiger partial charge in [0, 0.05) is 18.2 Å². The topological polar surface area (TPSA) is 101 Å². The number of anilines is 2. The number of hydrogen-bond acceptors (Lipinski definition) is 4. The van der Waals surface area contributed by atoms with E-state index in [1.54, 1.807) is 39.0 Å². The first-order valence-corrected chi connectivity index (χ1v) is 8.57. The van der Waals surface area contributed by atoms with Crippen LogP contribution in [0.25, 0.3) is 0 Å². The standard InChI is InChI=1S/C14H23N3O3S/c1-4-8-21(19,20)17-13-7-5-6-12(11(13)3)16-14(18)10(2)9-15/h5-7,10,17H,4,8-9,15H2,1-3H3,(H,16,18). The van der Waals surface area contributed by atoms with Gasteiger partial charge < -0.3 is 11.1 Å². The number of sulfonamides is 1. The van der Waals surface area contributed by atoms with Gasteiger partial charge in [0.1, 0.15) is 0 Å². The zero-order valence-electron chi connectivity index (χ0n) is 12.6. The van der Waals surface area contributed by atoms with Gasteiger partial charge in [0.15, 0.2) is 0 Å². The number of hydrogen-bond donors (Lipinski definition) is 3. The van der Waals surface area contributed by atoms with E-state index < -0.39 is 10.0 Å². The number of nitrogens with one attached hydrogen (secondary N) is 2. The predicted octanol–water partition coefficient (Wildman–Crippen LogP) is 1.68. The van der Waals surface area contributed by atoms with Crippen molar-refractivity contribution >= 4 is 27.3 Å². The van der Waals surface area contributed by atoms with Crippen LogP contribution in [-0.4, -0.2) is 26.6 Å². The lowest BCUT2D eigenvalue weighted by molar-refractivity contribution is -0.119. The Hall–Kier alpha value is -1.60. The van der Waals surface area contributed by atoms with Crippen molar-refractivity contribution in [2.45, 2.75) is 27.2 Å². The molecule has 0 radical (unpaired) electrons. The van der Waals surface area contributed by atoms with E-state index >= 15 is 0 Å². The Kier molecular flexibility index (Phi) is 6.17. The van der Waals surface area contributed by atoms with Gasteiger partial charge in [-0.05, 0) is 31.0 Å². The lowest BCUT2D eigenvalue weighted by Crippen LogP contribution is -2.27. The summed E-state index contributed by atoms with van der Waals surface area (Å²) < 4.78 is 26.2. The van der Waals surface area contributed by atoms with Gasteiger partial charge in [-0.15, -0.1) is 0 Å². The molecule has 0 aliphatic heterocycles. The highest BCUT2D eigenvalue weighted by atomic mass is 32.2. The summed E-state index contributed by atoms with van der Waals surface area (Å²) in [6.45, 7) is 5.55. The summed E-state index contributed by atoms with van der Waals surface area (Å²) in [5.41, 5.74) is 7.19. The van der Waals surface area contributed by atoms with E-state index in [2.05, 4.69) is 10.0 Å². The third kappa shape index (κ3) is 5.02. The Morgan fingerprint density at radius 2 is 1.95 bits per heavy atom. The van der Waals surface area contributed by atoms with Crippen LogP contribution in [0.15, 0.2) is 18.2 Å². The Balaban J connectivity index is 2.96. The number of nitrogens with two attached hydrogens (primary N) is 1. The SMILES string of the molecule is CCCS(=O)(=O)Nc1cccc(NC(=O)C(C)CN)c1C. The van der Waals surface area contributed by atoms with E-state index in [1.807, 2.05) is 0 Å². The fourth-order valence-corrected chi connectivity index (χ4v) is 2.93. The van der Waals surface area contributed by atoms with Gasteiger partial charge in [0.2, 0.25) is 15.9 Å². The smallest absolute Gasteiger partial charge is 0.232 e. The van der Waals surface area contributed by atoms with E-state index in [0.717, 1.165) is 0 Å². The van der Waals surface area contributed by atoms with Crippen molar-refractivity contribution in [2.24, 2.45) is 11.7 Å². The number of benzene rings is 1. The molecule has 0 spiro atoms. The Bertz CT molecular complexity index is 599. The minimum absolute atomic E-state index is 0.0627. The van der Waals surface area contributed by atoms with Crippen molar-refractivity contribution in [3.63, 3.8) is 0 Å². The third-order valence-corrected chi connectivity index (χ3v) is 4.61. The number of carbonyl (C=O) groups is 1. The molecule has 0 heterocycles. The molecule has 1 unspecified atom stereocenters. The summed E-state index contributed by atoms with van der Waals surface area (Å²) in [6, 6.07) is 5.10. The van der Waals surface area contributed by atoms with Gasteiger partial charge in [-0.2, -0.15) is 0 Å². The fourth-order valence-electron chi connectivity index (χ4n) is 1.73. The second kappa shape index (κ2) is 7.42. The molecule has 0 aromatic heterocycles. The van der Waals surface area contributed by atoms with E-state index in [9.17, 15) is 13.2 Å². The molecule has 0 aliphatic rings. The first-order valence-electron chi connectivity index (χ1n) is 6.91. The highest BCUT2D eigenvalue weighted by Gasteiger charge is 2.15. The molecule has 118 valence electrons. The van der Waals surface area contributed by atoms with Crippen molar-refractivity contribution < 1.29 is 13.2 Å². The van der Waals surface area contributed by atoms with Gasteiger partial charge in [-0.1, -0.05) is 19.9 Å². The molecule has 7 heteroatoms. The van der Waals surface area contributed by atoms with Crippen molar-refractivity contribution in [2.75, 3.05) is 22.3 Å². The highest BCUT2D eigenvalue weighted by molar-refractivity contribution is 7.92. The maximum Gasteiger partial charge on any atom is 0.232 e. The highest BCUT2D eigenvalue weighted by Crippen LogP contribution is 2.24. The molecule has 21 heavy (non-hydrogen) atoms. The summed E-state index contributed by atoms with van der Waals surface area (Å²) in [4.78, 5) is 11.9. The van der Waals surface area contributed by atoms with Crippen LogP contribution in [0.3, 0.4) is 0 Å². The van der Waals surface area contributed by atoms with Crippen molar-refractivity contribution in [1.82, 2.24) is 0 Å². The number of carbonyl (C=O) groups excluding carboxylic acids is 1. The minimum Gasteiger partial charge on any atom is -0.330 e. The van der Waals surface area contributed by atoms with Crippen LogP contribution < -0.4 is 15.8 Å². The third-order valence-electron chi connectivity index (χ3n) is 3.13. The summed E-state index contributed by atoms with van der Waals surface area (Å²) in [5, 5.41) is 2.77. The first kappa shape index (κ1) is 17.5. The summed E-state index contributed by atoms with van der Waals surface area (Å²) in [5.74, 6) is -0.424. The zero-order valence-corrected chi connectivity index (χ0v) is 13.5. The Labute approximate surface area is 126 Å². The van der Waals surface area contributed by atoms with Gasteiger partial charge >= 0.3 is 0 Å². The average molecular weight is 313 g/mol. The monoisotopic (exact) mass is 313 g/mol. The van der Waals surface area contributed by atoms with Gasteiger partial charge in [0.25, 0.3) is 0 Å². The first-order chi connectivity index (χ1) is 9.80. The molecule has 6 nitrogen and oxygen atoms in total. The van der Waals surface area contributed by atoms with Gasteiger partial charge in [0.05, 0.1) is 11.4 Å². The second-order valence-electron chi connectivity index (χ2n) is 5.03. The maximum atomic E-state index is 11.9. The Morgan fingerprint density at radius 3 is 2.52 bits per heavy atom. The molecule has 0 fully saturated rings. The lowest BCUT2D eigenvalue weighted by Gasteiger charge is -2.15. The quantitative estimate of drug-likeness (QED) is 0.713. The maximum absolute atomic E-state index is 11.9. The van der Waals surface area contributed by atoms with E-state index in [-0.39, 0.29) is 24.1 Å². The van der Waals surface area contributed by atoms with Crippen LogP contribution >= 0.6 is 0 Å². The molecule has 1 atom stereocenters. The van der Waals surface area contributed by atoms with E-state index in [0.29, 0.717) is 23.4 Å². The molecule has 0 bridgehead atoms. The summed E-state index contributed by atoms with van der Waals surface area (Å²) in [7, 11) is -3.36. The fraction of sp³-hybridized carbons (Fsp3) is 0.500. The molecule has 4 N–H and O–H groups in total. The van der Waals surface area contributed by atoms with Crippen molar-refractivity contribution in [3.05, 3.63) is 23.8 Å². The molecule has 0 aliphatic carbocycles. The molecule has 1 amide bonds. The largest absolute Gasteiger partial charge is 0.330 e. The van der Waals surface area contributed by atoms with Crippen LogP contribution in [-0.2, 0) is 14.8 Å². The minimum atomic E-state index is -3.36. The number of amides is 1. The zero-order chi connectivity index (χ0) is 16.0. The molecular formula is C14H23N3O3S. The average Bonchev–Trinajstić information content (AvgIpc) is 2.41. The summed E-state index contributed by atoms with van der Waals surface area (Å²) in [6.07, 6.45) is 0.540. The molecule has 0 saturated heterocycles. The molecular weight excluding hydrogens is 290 g/mol. The molecule has 1 aromatic rings. The van der Waals surface area contributed by atoms with Crippen LogP contribution in [0.2, 0.25) is 0 Å². The van der Waals surface area contributed by atoms with Crippen molar-refractivity contribution in [3.8, 4) is 0 Å². The van der Waals surface area contributed by atoms with Gasteiger partial charge in [-0.3, -0.25) is 9.52 Å². The normalized spacial score (nSPS) is 12.8. The van der Waals surface area contributed by atoms with Gasteiger partial charge in [-0.25, -0.2) is 8.42 Å².